The van der Waals surface area contributed by atoms with Crippen LogP contribution in [-0.2, 0) is 6.54 Å². The Morgan fingerprint density at radius 3 is 2.70 bits per heavy atom. The van der Waals surface area contributed by atoms with Gasteiger partial charge in [-0.1, -0.05) is 30.3 Å². The van der Waals surface area contributed by atoms with E-state index in [1.807, 2.05) is 35.4 Å². The molecule has 2 N–H and O–H groups in total. The van der Waals surface area contributed by atoms with Crippen LogP contribution in [0.2, 0.25) is 0 Å². The molecule has 3 nitrogen and oxygen atoms in total. The molecule has 2 aromatic carbocycles. The number of phenolic OH excluding ortho intramolecular Hbond substituents is 1. The highest BCUT2D eigenvalue weighted by Gasteiger charge is 2.17. The summed E-state index contributed by atoms with van der Waals surface area (Å²) in [6, 6.07) is 15.7. The van der Waals surface area contributed by atoms with Crippen molar-refractivity contribution in [2.24, 2.45) is 0 Å². The Morgan fingerprint density at radius 1 is 1.00 bits per heavy atom. The number of aromatic hydroxyl groups is 1. The summed E-state index contributed by atoms with van der Waals surface area (Å²) < 4.78 is 0. The fourth-order valence-corrected chi connectivity index (χ4v) is 2.79. The predicted octanol–water partition coefficient (Wildman–Crippen LogP) is 3.86. The lowest BCUT2D eigenvalue weighted by Gasteiger charge is -2.24. The minimum Gasteiger partial charge on any atom is -0.506 e. The molecule has 3 heteroatoms. The molecular weight excluding hydrogens is 248 g/mol. The number of benzene rings is 2. The molecule has 1 aliphatic heterocycles. The second-order valence-electron chi connectivity index (χ2n) is 5.00. The second kappa shape index (κ2) is 4.17. The maximum Gasteiger partial charge on any atom is 0.139 e. The van der Waals surface area contributed by atoms with Crippen LogP contribution in [0.1, 0.15) is 11.3 Å². The molecule has 2 heterocycles. The average Bonchev–Trinajstić information content (AvgIpc) is 2.85. The number of H-pyrrole nitrogens is 1. The van der Waals surface area contributed by atoms with Crippen LogP contribution in [0.3, 0.4) is 0 Å². The maximum absolute atomic E-state index is 9.96. The van der Waals surface area contributed by atoms with Crippen molar-refractivity contribution in [1.82, 2.24) is 4.98 Å². The van der Waals surface area contributed by atoms with Crippen LogP contribution in [0.25, 0.3) is 17.0 Å². The van der Waals surface area contributed by atoms with E-state index in [-0.39, 0.29) is 0 Å². The van der Waals surface area contributed by atoms with E-state index in [9.17, 15) is 5.11 Å². The molecule has 0 radical (unpaired) electrons. The highest BCUT2D eigenvalue weighted by molar-refractivity contribution is 5.91. The molecule has 0 saturated carbocycles. The number of hydrogen-bond donors (Lipinski definition) is 2. The van der Waals surface area contributed by atoms with Gasteiger partial charge < -0.3 is 15.0 Å². The van der Waals surface area contributed by atoms with Gasteiger partial charge in [0.2, 0.25) is 0 Å². The third kappa shape index (κ3) is 1.60. The number of aromatic amines is 1. The van der Waals surface area contributed by atoms with E-state index in [0.29, 0.717) is 5.75 Å². The highest BCUT2D eigenvalue weighted by atomic mass is 16.3. The predicted molar refractivity (Wildman–Crippen MR) is 81.6 cm³/mol. The van der Waals surface area contributed by atoms with E-state index in [1.165, 1.54) is 16.6 Å². The van der Waals surface area contributed by atoms with E-state index in [2.05, 4.69) is 29.3 Å². The largest absolute Gasteiger partial charge is 0.506 e. The third-order valence-corrected chi connectivity index (χ3v) is 3.77. The molecule has 0 atom stereocenters. The summed E-state index contributed by atoms with van der Waals surface area (Å²) in [6.07, 6.45) is 4.13. The van der Waals surface area contributed by atoms with Crippen LogP contribution in [0.5, 0.6) is 5.75 Å². The summed E-state index contributed by atoms with van der Waals surface area (Å²) in [5.74, 6) is 0.303. The van der Waals surface area contributed by atoms with Crippen molar-refractivity contribution in [3.05, 3.63) is 66.0 Å². The molecule has 0 aliphatic carbocycles. The fraction of sp³-hybridized carbons (Fsp3) is 0.0588. The summed E-state index contributed by atoms with van der Waals surface area (Å²) in [4.78, 5) is 5.51. The molecule has 1 aliphatic rings. The summed E-state index contributed by atoms with van der Waals surface area (Å²) in [7, 11) is 0. The first kappa shape index (κ1) is 11.2. The zero-order chi connectivity index (χ0) is 13.5. The third-order valence-electron chi connectivity index (χ3n) is 3.77. The molecular formula is C17H14N2O. The Hall–Kier alpha value is -2.68. The van der Waals surface area contributed by atoms with Crippen molar-refractivity contribution in [1.29, 1.82) is 0 Å². The molecule has 0 spiro atoms. The van der Waals surface area contributed by atoms with Crippen LogP contribution >= 0.6 is 0 Å². The molecule has 1 aromatic heterocycles. The van der Waals surface area contributed by atoms with E-state index in [0.717, 1.165) is 17.7 Å². The summed E-state index contributed by atoms with van der Waals surface area (Å²) in [6.45, 7) is 0.734. The maximum atomic E-state index is 9.96. The first-order valence-corrected chi connectivity index (χ1v) is 6.65. The molecule has 0 fully saturated rings. The van der Waals surface area contributed by atoms with Gasteiger partial charge in [0, 0.05) is 28.4 Å². The lowest BCUT2D eigenvalue weighted by molar-refractivity contribution is 0.475. The molecule has 0 unspecified atom stereocenters. The lowest BCUT2D eigenvalue weighted by Crippen LogP contribution is -2.18. The van der Waals surface area contributed by atoms with Crippen LogP contribution in [0.15, 0.2) is 54.7 Å². The molecule has 0 amide bonds. The van der Waals surface area contributed by atoms with Gasteiger partial charge in [-0.3, -0.25) is 0 Å². The van der Waals surface area contributed by atoms with Crippen LogP contribution in [0, 0.1) is 0 Å². The van der Waals surface area contributed by atoms with Crippen LogP contribution in [0.4, 0.5) is 5.69 Å². The Balaban J connectivity index is 1.80. The van der Waals surface area contributed by atoms with Gasteiger partial charge in [0.15, 0.2) is 0 Å². The monoisotopic (exact) mass is 262 g/mol. The summed E-state index contributed by atoms with van der Waals surface area (Å²) in [5, 5.41) is 11.2. The van der Waals surface area contributed by atoms with Crippen molar-refractivity contribution < 1.29 is 5.11 Å². The Bertz CT molecular complexity index is 817. The van der Waals surface area contributed by atoms with Crippen molar-refractivity contribution in [3.8, 4) is 5.75 Å². The van der Waals surface area contributed by atoms with Gasteiger partial charge in [0.25, 0.3) is 0 Å². The van der Waals surface area contributed by atoms with Crippen molar-refractivity contribution in [2.45, 2.75) is 6.54 Å². The van der Waals surface area contributed by atoms with Crippen LogP contribution in [-0.4, -0.2) is 10.1 Å². The van der Waals surface area contributed by atoms with Crippen molar-refractivity contribution in [3.63, 3.8) is 0 Å². The van der Waals surface area contributed by atoms with E-state index in [4.69, 9.17) is 0 Å². The number of anilines is 1. The van der Waals surface area contributed by atoms with Crippen molar-refractivity contribution in [2.75, 3.05) is 4.90 Å². The molecule has 0 saturated heterocycles. The molecule has 4 rings (SSSR count). The van der Waals surface area contributed by atoms with Gasteiger partial charge in [-0.05, 0) is 24.3 Å². The van der Waals surface area contributed by atoms with Gasteiger partial charge >= 0.3 is 0 Å². The quantitative estimate of drug-likeness (QED) is 0.699. The van der Waals surface area contributed by atoms with Crippen LogP contribution < -0.4 is 4.90 Å². The topological polar surface area (TPSA) is 39.3 Å². The molecule has 0 bridgehead atoms. The first-order chi connectivity index (χ1) is 9.83. The number of nitrogens with zero attached hydrogens (tertiary/aromatic N) is 1. The minimum atomic E-state index is 0.303. The second-order valence-corrected chi connectivity index (χ2v) is 5.00. The number of para-hydroxylation sites is 3. The number of nitrogens with one attached hydrogen (secondary N) is 1. The van der Waals surface area contributed by atoms with E-state index >= 15 is 0 Å². The van der Waals surface area contributed by atoms with Gasteiger partial charge in [0.1, 0.15) is 5.75 Å². The smallest absolute Gasteiger partial charge is 0.139 e. The molecule has 3 aromatic rings. The Labute approximate surface area is 116 Å². The van der Waals surface area contributed by atoms with E-state index < -0.39 is 0 Å². The summed E-state index contributed by atoms with van der Waals surface area (Å²) >= 11 is 0. The highest BCUT2D eigenvalue weighted by Crippen LogP contribution is 2.33. The zero-order valence-corrected chi connectivity index (χ0v) is 10.9. The van der Waals surface area contributed by atoms with Gasteiger partial charge in [-0.15, -0.1) is 0 Å². The molecule has 98 valence electrons. The summed E-state index contributed by atoms with van der Waals surface area (Å²) in [5.41, 5.74) is 4.40. The number of phenols is 1. The minimum absolute atomic E-state index is 0.303. The lowest BCUT2D eigenvalue weighted by atomic mass is 10.1. The van der Waals surface area contributed by atoms with Gasteiger partial charge in [-0.25, -0.2) is 0 Å². The number of hydrogen-bond acceptors (Lipinski definition) is 2. The number of fused-ring (bicyclic) bond motifs is 3. The Morgan fingerprint density at radius 2 is 1.80 bits per heavy atom. The number of rotatable bonds is 1. The van der Waals surface area contributed by atoms with Crippen molar-refractivity contribution >= 4 is 22.7 Å². The zero-order valence-electron chi connectivity index (χ0n) is 10.9. The fourth-order valence-electron chi connectivity index (χ4n) is 2.79. The number of aromatic nitrogens is 1. The standard InChI is InChI=1S/C17H14N2O/c20-17-8-4-3-7-16(17)19-10-9-13-12-5-1-2-6-14(12)18-15(13)11-19/h1-10,18,20H,11H2. The van der Waals surface area contributed by atoms with Gasteiger partial charge in [0.05, 0.1) is 12.2 Å². The average molecular weight is 262 g/mol. The van der Waals surface area contributed by atoms with Gasteiger partial charge in [-0.2, -0.15) is 0 Å². The van der Waals surface area contributed by atoms with E-state index in [1.54, 1.807) is 6.07 Å². The Kier molecular flexibility index (Phi) is 2.33. The normalized spacial score (nSPS) is 13.7. The first-order valence-electron chi connectivity index (χ1n) is 6.65. The molecule has 20 heavy (non-hydrogen) atoms. The SMILES string of the molecule is Oc1ccccc1N1C=Cc2c([nH]c3ccccc23)C1.